The van der Waals surface area contributed by atoms with Crippen LogP contribution in [0.3, 0.4) is 0 Å². The lowest BCUT2D eigenvalue weighted by Crippen LogP contribution is -2.61. The fourth-order valence-electron chi connectivity index (χ4n) is 18.8. The molecule has 13 aromatic carbocycles. The molecule has 4 heterocycles. The van der Waals surface area contributed by atoms with Crippen LogP contribution in [0.5, 0.6) is 0 Å². The van der Waals surface area contributed by atoms with Crippen molar-refractivity contribution in [2.45, 2.75) is 129 Å². The minimum atomic E-state index is -0.179. The van der Waals surface area contributed by atoms with Crippen LogP contribution in [-0.4, -0.2) is 15.8 Å². The predicted octanol–water partition coefficient (Wildman–Crippen LogP) is 24.6. The van der Waals surface area contributed by atoms with E-state index in [1.165, 1.54) is 153 Å². The first-order valence-electron chi connectivity index (χ1n) is 37.4. The van der Waals surface area contributed by atoms with Crippen molar-refractivity contribution in [1.82, 2.24) is 9.13 Å². The molecule has 0 atom stereocenters. The number of aromatic nitrogens is 2. The topological polar surface area (TPSA) is 16.3 Å². The van der Waals surface area contributed by atoms with Gasteiger partial charge in [-0.05, 0) is 226 Å². The van der Waals surface area contributed by atoms with Gasteiger partial charge in [0.1, 0.15) is 0 Å². The first-order valence-corrected chi connectivity index (χ1v) is 37.4. The molecule has 2 aliphatic heterocycles. The standard InChI is InChI=1S/C98H87BN4/c1-94(2,3)78-29-19-15-25-73(78)68-40-50-89-84(58-68)99-83-48-45-71(102-85-30-20-16-26-74(85)75-27-17-21-31-86(75)102)59-90(83)101(70-43-35-64(36-44-70)67-38-47-80-82(57-67)98(10,11)54-52-96(80,6)7)92-61-72(103-87-32-22-18-28-76(87)77-55-65(39-49-88(77)103)62-23-13-12-14-24-62)60-91(93(92)99)100(89)69-41-33-63(34-42-69)66-37-46-79-81(56-66)97(8,9)53-51-95(79,4)5/h12-50,55-61H,51-54H2,1-11H3. The van der Waals surface area contributed by atoms with Gasteiger partial charge >= 0.3 is 0 Å². The number of rotatable bonds is 8. The number of hydrogen-bond acceptors (Lipinski definition) is 2. The lowest BCUT2D eigenvalue weighted by atomic mass is 9.33. The monoisotopic (exact) mass is 1330 g/mol. The molecule has 4 nitrogen and oxygen atoms in total. The average Bonchev–Trinajstić information content (AvgIpc) is 1.39. The van der Waals surface area contributed by atoms with Crippen LogP contribution in [-0.2, 0) is 27.1 Å². The van der Waals surface area contributed by atoms with Crippen molar-refractivity contribution in [1.29, 1.82) is 0 Å². The van der Waals surface area contributed by atoms with Crippen LogP contribution in [0, 0.1) is 0 Å². The Bertz CT molecular complexity index is 5930. The number of hydrogen-bond donors (Lipinski definition) is 0. The third-order valence-electron chi connectivity index (χ3n) is 24.6. The van der Waals surface area contributed by atoms with Crippen molar-refractivity contribution < 1.29 is 0 Å². The van der Waals surface area contributed by atoms with Crippen LogP contribution in [0.4, 0.5) is 34.1 Å². The van der Waals surface area contributed by atoms with Gasteiger partial charge < -0.3 is 18.9 Å². The van der Waals surface area contributed by atoms with Gasteiger partial charge in [0.15, 0.2) is 0 Å². The lowest BCUT2D eigenvalue weighted by molar-refractivity contribution is 0.332. The molecule has 19 rings (SSSR count). The average molecular weight is 1330 g/mol. The zero-order chi connectivity index (χ0) is 70.2. The van der Waals surface area contributed by atoms with E-state index in [0.29, 0.717) is 0 Å². The Labute approximate surface area is 607 Å². The Kier molecular flexibility index (Phi) is 14.0. The van der Waals surface area contributed by atoms with Gasteiger partial charge in [0, 0.05) is 61.4 Å². The Hall–Kier alpha value is -10.9. The zero-order valence-electron chi connectivity index (χ0n) is 61.3. The van der Waals surface area contributed by atoms with Crippen LogP contribution in [0.15, 0.2) is 279 Å². The van der Waals surface area contributed by atoms with Crippen molar-refractivity contribution in [2.24, 2.45) is 0 Å². The lowest BCUT2D eigenvalue weighted by Gasteiger charge is -2.45. The summed E-state index contributed by atoms with van der Waals surface area (Å²) in [4.78, 5) is 5.26. The third kappa shape index (κ3) is 9.92. The number of anilines is 6. The van der Waals surface area contributed by atoms with Crippen molar-refractivity contribution in [3.8, 4) is 55.9 Å². The fourth-order valence-corrected chi connectivity index (χ4v) is 18.8. The highest BCUT2D eigenvalue weighted by Crippen LogP contribution is 2.52. The Morgan fingerprint density at radius 1 is 0.282 bits per heavy atom. The predicted molar refractivity (Wildman–Crippen MR) is 440 cm³/mol. The van der Waals surface area contributed by atoms with Gasteiger partial charge in [-0.25, -0.2) is 0 Å². The van der Waals surface area contributed by atoms with Crippen molar-refractivity contribution in [2.75, 3.05) is 9.80 Å². The summed E-state index contributed by atoms with van der Waals surface area (Å²) in [5.41, 5.74) is 34.9. The molecule has 0 radical (unpaired) electrons. The smallest absolute Gasteiger partial charge is 0.252 e. The van der Waals surface area contributed by atoms with Crippen LogP contribution >= 0.6 is 0 Å². The van der Waals surface area contributed by atoms with Crippen LogP contribution in [0.25, 0.3) is 99.5 Å². The maximum absolute atomic E-state index is 2.64. The quantitative estimate of drug-likeness (QED) is 0.141. The minimum absolute atomic E-state index is 0.0788. The molecule has 2 aliphatic carbocycles. The molecule has 5 heteroatoms. The summed E-state index contributed by atoms with van der Waals surface area (Å²) in [7, 11) is 0. The summed E-state index contributed by atoms with van der Waals surface area (Å²) in [5, 5.41) is 4.93. The molecule has 0 fully saturated rings. The highest BCUT2D eigenvalue weighted by molar-refractivity contribution is 7.00. The van der Waals surface area contributed by atoms with E-state index in [4.69, 9.17) is 0 Å². The maximum atomic E-state index is 2.64. The van der Waals surface area contributed by atoms with E-state index >= 15 is 0 Å². The highest BCUT2D eigenvalue weighted by atomic mass is 15.2. The van der Waals surface area contributed by atoms with E-state index in [2.05, 4.69) is 374 Å². The van der Waals surface area contributed by atoms with Crippen LogP contribution in [0.2, 0.25) is 0 Å². The first-order chi connectivity index (χ1) is 49.7. The van der Waals surface area contributed by atoms with Gasteiger partial charge in [0.25, 0.3) is 6.71 Å². The largest absolute Gasteiger partial charge is 0.311 e. The zero-order valence-corrected chi connectivity index (χ0v) is 61.3. The number of benzene rings is 13. The maximum Gasteiger partial charge on any atom is 0.252 e. The Balaban J connectivity index is 0.898. The van der Waals surface area contributed by atoms with Gasteiger partial charge in [0.2, 0.25) is 0 Å². The van der Waals surface area contributed by atoms with Gasteiger partial charge in [-0.1, -0.05) is 270 Å². The number of fused-ring (bicyclic) bond motifs is 12. The molecule has 103 heavy (non-hydrogen) atoms. The molecule has 2 aromatic heterocycles. The third-order valence-corrected chi connectivity index (χ3v) is 24.6. The molecule has 0 bridgehead atoms. The van der Waals surface area contributed by atoms with E-state index in [9.17, 15) is 0 Å². The second kappa shape index (κ2) is 22.8. The fraction of sp³-hybridized carbons (Fsp3) is 0.204. The summed E-state index contributed by atoms with van der Waals surface area (Å²) in [6.07, 6.45) is 4.71. The summed E-state index contributed by atoms with van der Waals surface area (Å²) in [6.45, 7) is 26.3. The normalized spacial score (nSPS) is 16.0. The summed E-state index contributed by atoms with van der Waals surface area (Å²) in [5.74, 6) is 0. The number of nitrogens with zero attached hydrogens (tertiary/aromatic N) is 4. The highest BCUT2D eigenvalue weighted by Gasteiger charge is 2.45. The van der Waals surface area contributed by atoms with E-state index in [1.54, 1.807) is 0 Å². The van der Waals surface area contributed by atoms with Crippen LogP contribution in [0.1, 0.15) is 130 Å². The van der Waals surface area contributed by atoms with Crippen molar-refractivity contribution in [3.63, 3.8) is 0 Å². The molecule has 0 saturated heterocycles. The SMILES string of the molecule is CC(C)(C)c1ccccc1-c1ccc2c(c1)B1c3ccc(-n4c5ccccc5c5ccccc54)cc3N(c3ccc(-c4ccc5c(c4)C(C)(C)CCC5(C)C)cc3)c3cc(-n4c5ccccc5c5cc(-c6ccccc6)ccc54)cc(c31)N2c1ccc(-c2ccc3c(c2)C(C)(C)CCC3(C)C)cc1. The Morgan fingerprint density at radius 3 is 1.24 bits per heavy atom. The van der Waals surface area contributed by atoms with E-state index < -0.39 is 0 Å². The van der Waals surface area contributed by atoms with E-state index in [1.807, 2.05) is 0 Å². The van der Waals surface area contributed by atoms with E-state index in [0.717, 1.165) is 50.8 Å². The van der Waals surface area contributed by atoms with Crippen LogP contribution < -0.4 is 26.2 Å². The molecule has 502 valence electrons. The first kappa shape index (κ1) is 63.1. The van der Waals surface area contributed by atoms with Gasteiger partial charge in [-0.15, -0.1) is 0 Å². The van der Waals surface area contributed by atoms with Crippen molar-refractivity contribution in [3.05, 3.63) is 307 Å². The van der Waals surface area contributed by atoms with E-state index in [-0.39, 0.29) is 33.8 Å². The molecular weight excluding hydrogens is 1240 g/mol. The molecule has 0 spiro atoms. The molecule has 4 aliphatic rings. The second-order valence-corrected chi connectivity index (χ2v) is 33.8. The summed E-state index contributed by atoms with van der Waals surface area (Å²) < 4.78 is 5.05. The molecular formula is C98H87BN4. The molecule has 0 N–H and O–H groups in total. The second-order valence-electron chi connectivity index (χ2n) is 33.8. The Morgan fingerprint density at radius 2 is 0.689 bits per heavy atom. The van der Waals surface area contributed by atoms with Crippen molar-refractivity contribution >= 4 is 101 Å². The van der Waals surface area contributed by atoms with Gasteiger partial charge in [-0.2, -0.15) is 0 Å². The minimum Gasteiger partial charge on any atom is -0.311 e. The molecule has 15 aromatic rings. The molecule has 0 amide bonds. The van der Waals surface area contributed by atoms with Gasteiger partial charge in [0.05, 0.1) is 27.8 Å². The summed E-state index contributed by atoms with van der Waals surface area (Å²) in [6, 6.07) is 108. The molecule has 0 saturated carbocycles. The summed E-state index contributed by atoms with van der Waals surface area (Å²) >= 11 is 0. The molecule has 0 unspecified atom stereocenters. The number of para-hydroxylation sites is 3. The van der Waals surface area contributed by atoms with Gasteiger partial charge in [-0.3, -0.25) is 0 Å².